The van der Waals surface area contributed by atoms with Gasteiger partial charge in [-0.15, -0.1) is 0 Å². The quantitative estimate of drug-likeness (QED) is 0.120. The smallest absolute Gasteiger partial charge is 0.143 e. The molecule has 2 aromatic heterocycles. The molecule has 0 radical (unpaired) electrons. The van der Waals surface area contributed by atoms with E-state index in [4.69, 9.17) is 4.42 Å². The fourth-order valence-corrected chi connectivity index (χ4v) is 10.0. The van der Waals surface area contributed by atoms with E-state index in [1.54, 1.807) is 0 Å². The number of para-hydroxylation sites is 2. The summed E-state index contributed by atoms with van der Waals surface area (Å²) in [6.45, 7) is 8.62. The van der Waals surface area contributed by atoms with Crippen molar-refractivity contribution in [3.63, 3.8) is 0 Å². The lowest BCUT2D eigenvalue weighted by atomic mass is 9.91. The Morgan fingerprint density at radius 2 is 1.02 bits per heavy atom. The molecular weight excluding hydrogens is 799 g/mol. The number of hydrogen-bond acceptors (Lipinski definition) is 1. The van der Waals surface area contributed by atoms with Crippen molar-refractivity contribution in [1.29, 1.82) is 0 Å². The number of fused-ring (bicyclic) bond motifs is 6. The third kappa shape index (κ3) is 8.13. The summed E-state index contributed by atoms with van der Waals surface area (Å²) in [6, 6.07) is 75.4. The van der Waals surface area contributed by atoms with E-state index in [1.165, 1.54) is 104 Å². The summed E-state index contributed by atoms with van der Waals surface area (Å²) in [5, 5.41) is 4.70. The molecule has 0 aliphatic carbocycles. The summed E-state index contributed by atoms with van der Waals surface area (Å²) in [7, 11) is 0. The Hall–Kier alpha value is -7.42. The number of benzene rings is 9. The SMILES string of the molecule is CC.CCCCC(CC)Cc1ccc(-c2cccc(-c3cccc(-c4ccc5oc6c(-c7ccc8c(c7)c7c(-c9ccccc9)cccc7n8-c7ccccc7)cccc6c5c4)c3)c2)cc1. The Balaban J connectivity index is 0.00000252. The minimum Gasteiger partial charge on any atom is -0.455 e. The molecular formula is C64H57NO. The van der Waals surface area contributed by atoms with Crippen molar-refractivity contribution in [2.75, 3.05) is 0 Å². The molecule has 11 aromatic rings. The van der Waals surface area contributed by atoms with Gasteiger partial charge in [-0.3, -0.25) is 0 Å². The summed E-state index contributed by atoms with van der Waals surface area (Å²) in [6.07, 6.45) is 6.32. The van der Waals surface area contributed by atoms with Crippen molar-refractivity contribution < 1.29 is 4.42 Å². The number of furan rings is 1. The van der Waals surface area contributed by atoms with Gasteiger partial charge in [0.05, 0.1) is 11.0 Å². The first-order valence-electron chi connectivity index (χ1n) is 24.1. The van der Waals surface area contributed by atoms with Gasteiger partial charge in [0.1, 0.15) is 11.2 Å². The molecule has 66 heavy (non-hydrogen) atoms. The number of aromatic nitrogens is 1. The van der Waals surface area contributed by atoms with Gasteiger partial charge in [0.2, 0.25) is 0 Å². The summed E-state index contributed by atoms with van der Waals surface area (Å²) >= 11 is 0. The van der Waals surface area contributed by atoms with Crippen molar-refractivity contribution in [3.8, 4) is 61.3 Å². The van der Waals surface area contributed by atoms with Gasteiger partial charge in [-0.25, -0.2) is 0 Å². The van der Waals surface area contributed by atoms with Gasteiger partial charge >= 0.3 is 0 Å². The number of hydrogen-bond donors (Lipinski definition) is 0. The van der Waals surface area contributed by atoms with Crippen molar-refractivity contribution in [1.82, 2.24) is 4.57 Å². The van der Waals surface area contributed by atoms with Crippen LogP contribution in [0.5, 0.6) is 0 Å². The van der Waals surface area contributed by atoms with Gasteiger partial charge in [-0.05, 0) is 123 Å². The maximum atomic E-state index is 6.79. The van der Waals surface area contributed by atoms with Crippen molar-refractivity contribution >= 4 is 43.7 Å². The third-order valence-corrected chi connectivity index (χ3v) is 13.4. The molecule has 2 heterocycles. The van der Waals surface area contributed by atoms with E-state index in [0.29, 0.717) is 0 Å². The normalized spacial score (nSPS) is 11.9. The lowest BCUT2D eigenvalue weighted by Crippen LogP contribution is -2.03. The predicted octanol–water partition coefficient (Wildman–Crippen LogP) is 18.8. The summed E-state index contributed by atoms with van der Waals surface area (Å²) in [5.74, 6) is 0.767. The Labute approximate surface area is 389 Å². The molecule has 324 valence electrons. The van der Waals surface area contributed by atoms with E-state index < -0.39 is 0 Å². The highest BCUT2D eigenvalue weighted by Crippen LogP contribution is 2.43. The maximum Gasteiger partial charge on any atom is 0.143 e. The van der Waals surface area contributed by atoms with E-state index in [9.17, 15) is 0 Å². The predicted molar refractivity (Wildman–Crippen MR) is 284 cm³/mol. The third-order valence-electron chi connectivity index (χ3n) is 13.4. The second kappa shape index (κ2) is 19.0. The molecule has 9 aromatic carbocycles. The zero-order chi connectivity index (χ0) is 45.0. The molecule has 0 amide bonds. The highest BCUT2D eigenvalue weighted by Gasteiger charge is 2.19. The van der Waals surface area contributed by atoms with E-state index in [-0.39, 0.29) is 0 Å². The number of nitrogens with zero attached hydrogens (tertiary/aromatic N) is 1. The van der Waals surface area contributed by atoms with Gasteiger partial charge in [0.25, 0.3) is 0 Å². The fraction of sp³-hybridized carbons (Fsp3) is 0.156. The molecule has 0 aliphatic heterocycles. The molecule has 1 unspecified atom stereocenters. The first-order chi connectivity index (χ1) is 32.6. The molecule has 0 saturated heterocycles. The van der Waals surface area contributed by atoms with Gasteiger partial charge in [0, 0.05) is 32.8 Å². The van der Waals surface area contributed by atoms with E-state index in [0.717, 1.165) is 44.7 Å². The first-order valence-corrected chi connectivity index (χ1v) is 24.1. The lowest BCUT2D eigenvalue weighted by molar-refractivity contribution is 0.449. The largest absolute Gasteiger partial charge is 0.455 e. The van der Waals surface area contributed by atoms with Crippen LogP contribution in [0.4, 0.5) is 0 Å². The second-order valence-electron chi connectivity index (χ2n) is 17.4. The van der Waals surface area contributed by atoms with Gasteiger partial charge in [-0.2, -0.15) is 0 Å². The van der Waals surface area contributed by atoms with Crippen molar-refractivity contribution in [2.24, 2.45) is 5.92 Å². The van der Waals surface area contributed by atoms with Crippen LogP contribution in [0.2, 0.25) is 0 Å². The van der Waals surface area contributed by atoms with Gasteiger partial charge in [0.15, 0.2) is 0 Å². The van der Waals surface area contributed by atoms with E-state index in [2.05, 4.69) is 225 Å². The molecule has 11 rings (SSSR count). The molecule has 0 saturated carbocycles. The monoisotopic (exact) mass is 855 g/mol. The van der Waals surface area contributed by atoms with Crippen LogP contribution in [-0.2, 0) is 6.42 Å². The Kier molecular flexibility index (Phi) is 12.2. The topological polar surface area (TPSA) is 18.1 Å². The second-order valence-corrected chi connectivity index (χ2v) is 17.4. The first kappa shape index (κ1) is 42.5. The Bertz CT molecular complexity index is 3430. The molecule has 0 fully saturated rings. The Morgan fingerprint density at radius 1 is 0.439 bits per heavy atom. The Morgan fingerprint density at radius 3 is 1.71 bits per heavy atom. The molecule has 2 nitrogen and oxygen atoms in total. The van der Waals surface area contributed by atoms with Crippen molar-refractivity contribution in [3.05, 3.63) is 212 Å². The molecule has 0 aliphatic rings. The van der Waals surface area contributed by atoms with Crippen LogP contribution in [0, 0.1) is 5.92 Å². The minimum atomic E-state index is 0.767. The average molecular weight is 856 g/mol. The van der Waals surface area contributed by atoms with Crippen LogP contribution in [0.1, 0.15) is 58.9 Å². The fourth-order valence-electron chi connectivity index (χ4n) is 10.0. The molecule has 0 N–H and O–H groups in total. The van der Waals surface area contributed by atoms with E-state index >= 15 is 0 Å². The minimum absolute atomic E-state index is 0.767. The zero-order valence-corrected chi connectivity index (χ0v) is 38.6. The average Bonchev–Trinajstić information content (AvgIpc) is 3.94. The van der Waals surface area contributed by atoms with Crippen LogP contribution in [0.15, 0.2) is 211 Å². The lowest BCUT2D eigenvalue weighted by Gasteiger charge is -2.15. The van der Waals surface area contributed by atoms with Crippen LogP contribution < -0.4 is 0 Å². The number of unbranched alkanes of at least 4 members (excludes halogenated alkanes) is 1. The van der Waals surface area contributed by atoms with Crippen LogP contribution in [-0.4, -0.2) is 4.57 Å². The zero-order valence-electron chi connectivity index (χ0n) is 38.6. The van der Waals surface area contributed by atoms with Gasteiger partial charge in [-0.1, -0.05) is 205 Å². The van der Waals surface area contributed by atoms with Crippen LogP contribution >= 0.6 is 0 Å². The molecule has 0 spiro atoms. The van der Waals surface area contributed by atoms with Crippen molar-refractivity contribution in [2.45, 2.75) is 59.8 Å². The highest BCUT2D eigenvalue weighted by molar-refractivity contribution is 6.17. The molecule has 0 bridgehead atoms. The summed E-state index contributed by atoms with van der Waals surface area (Å²) in [5.41, 5.74) is 18.7. The molecule has 1 atom stereocenters. The van der Waals surface area contributed by atoms with Crippen LogP contribution in [0.3, 0.4) is 0 Å². The standard InChI is InChI=1S/C62H51NO.C2H6/c1-3-5-16-42(4-2)37-43-29-31-44(32-30-43)46-19-12-20-47(38-46)48-21-13-22-49(39-48)50-34-36-60-56(40-50)55-27-14-26-54(62(55)64-60)51-33-35-58-57(41-51)61-53(45-17-8-6-9-18-45)25-15-28-59(61)63(58)52-23-10-7-11-24-52;1-2/h6-15,17-36,38-42H,3-5,16,37H2,1-2H3;1-2H3. The summed E-state index contributed by atoms with van der Waals surface area (Å²) < 4.78 is 9.18. The maximum absolute atomic E-state index is 6.79. The molecule has 2 heteroatoms. The van der Waals surface area contributed by atoms with Gasteiger partial charge < -0.3 is 8.98 Å². The highest BCUT2D eigenvalue weighted by atomic mass is 16.3. The number of rotatable bonds is 12. The van der Waals surface area contributed by atoms with E-state index in [1.807, 2.05) is 13.8 Å². The summed E-state index contributed by atoms with van der Waals surface area (Å²) in [4.78, 5) is 0. The van der Waals surface area contributed by atoms with Crippen LogP contribution in [0.25, 0.3) is 105 Å².